The second-order valence-electron chi connectivity index (χ2n) is 7.54. The first kappa shape index (κ1) is 21.0. The predicted molar refractivity (Wildman–Crippen MR) is 105 cm³/mol. The molecule has 2 heterocycles. The van der Waals surface area contributed by atoms with Gasteiger partial charge in [0, 0.05) is 12.6 Å². The fraction of sp³-hybridized carbons (Fsp3) is 0.450. The van der Waals surface area contributed by atoms with E-state index < -0.39 is 12.0 Å². The summed E-state index contributed by atoms with van der Waals surface area (Å²) < 4.78 is 39.5. The minimum atomic E-state index is -4.66. The average molecular weight is 433 g/mol. The summed E-state index contributed by atoms with van der Waals surface area (Å²) in [7, 11) is 0. The zero-order valence-corrected chi connectivity index (χ0v) is 17.1. The van der Waals surface area contributed by atoms with Gasteiger partial charge in [0.15, 0.2) is 0 Å². The van der Waals surface area contributed by atoms with Gasteiger partial charge in [-0.25, -0.2) is 4.98 Å². The van der Waals surface area contributed by atoms with Crippen molar-refractivity contribution >= 4 is 5.91 Å². The van der Waals surface area contributed by atoms with E-state index in [4.69, 9.17) is 0 Å². The summed E-state index contributed by atoms with van der Waals surface area (Å²) in [4.78, 5) is 22.6. The molecule has 0 bridgehead atoms. The number of nitrogens with one attached hydrogen (secondary N) is 1. The van der Waals surface area contributed by atoms with E-state index in [0.29, 0.717) is 6.54 Å². The first-order valence-electron chi connectivity index (χ1n) is 10.1. The highest BCUT2D eigenvalue weighted by Crippen LogP contribution is 2.27. The maximum absolute atomic E-state index is 13.3. The molecule has 0 aliphatic heterocycles. The summed E-state index contributed by atoms with van der Waals surface area (Å²) in [6.45, 7) is 4.06. The Morgan fingerprint density at radius 1 is 1.26 bits per heavy atom. The van der Waals surface area contributed by atoms with Gasteiger partial charge in [0.05, 0.1) is 0 Å². The highest BCUT2D eigenvalue weighted by molar-refractivity contribution is 5.90. The van der Waals surface area contributed by atoms with Crippen LogP contribution in [0.15, 0.2) is 24.3 Å². The van der Waals surface area contributed by atoms with Crippen LogP contribution in [0.1, 0.15) is 53.2 Å². The number of aromatic amines is 1. The van der Waals surface area contributed by atoms with Crippen LogP contribution in [0.25, 0.3) is 5.95 Å². The van der Waals surface area contributed by atoms with Crippen molar-refractivity contribution in [3.8, 4) is 5.95 Å². The number of carbonyl (C=O) groups excluding carboxylic acids is 1. The molecule has 3 aromatic rings. The Morgan fingerprint density at radius 3 is 2.68 bits per heavy atom. The Bertz CT molecular complexity index is 1090. The van der Waals surface area contributed by atoms with Crippen LogP contribution in [0, 0.1) is 6.92 Å². The Labute approximate surface area is 176 Å². The highest BCUT2D eigenvalue weighted by atomic mass is 19.4. The van der Waals surface area contributed by atoms with Crippen molar-refractivity contribution in [2.75, 3.05) is 6.54 Å². The van der Waals surface area contributed by atoms with Crippen LogP contribution in [-0.2, 0) is 19.0 Å². The molecule has 1 atom stereocenters. The van der Waals surface area contributed by atoms with Gasteiger partial charge < -0.3 is 4.90 Å². The smallest absolute Gasteiger partial charge is 0.333 e. The van der Waals surface area contributed by atoms with Gasteiger partial charge in [0.1, 0.15) is 5.82 Å². The third-order valence-corrected chi connectivity index (χ3v) is 5.38. The third kappa shape index (κ3) is 4.17. The first-order chi connectivity index (χ1) is 14.8. The zero-order valence-electron chi connectivity index (χ0n) is 17.1. The molecule has 0 radical (unpaired) electrons. The maximum Gasteiger partial charge on any atom is 0.451 e. The number of carbonyl (C=O) groups is 1. The molecule has 164 valence electrons. The number of alkyl halides is 3. The lowest BCUT2D eigenvalue weighted by Gasteiger charge is -2.34. The van der Waals surface area contributed by atoms with Gasteiger partial charge in [-0.3, -0.25) is 9.89 Å². The third-order valence-electron chi connectivity index (χ3n) is 5.38. The lowest BCUT2D eigenvalue weighted by molar-refractivity contribution is -0.144. The number of aromatic nitrogens is 6. The molecular weight excluding hydrogens is 411 g/mol. The zero-order chi connectivity index (χ0) is 22.2. The van der Waals surface area contributed by atoms with Crippen LogP contribution in [0.2, 0.25) is 0 Å². The molecule has 4 rings (SSSR count). The normalized spacial score (nSPS) is 16.2. The van der Waals surface area contributed by atoms with Gasteiger partial charge in [-0.15, -0.1) is 10.2 Å². The van der Waals surface area contributed by atoms with Crippen molar-refractivity contribution in [2.24, 2.45) is 0 Å². The monoisotopic (exact) mass is 433 g/mol. The molecule has 0 fully saturated rings. The molecule has 2 aromatic heterocycles. The molecule has 0 saturated heterocycles. The van der Waals surface area contributed by atoms with Gasteiger partial charge in [-0.2, -0.15) is 22.8 Å². The van der Waals surface area contributed by atoms with Crippen LogP contribution in [0.3, 0.4) is 0 Å². The Hall–Kier alpha value is -3.24. The Kier molecular flexibility index (Phi) is 5.50. The largest absolute Gasteiger partial charge is 0.451 e. The van der Waals surface area contributed by atoms with Crippen molar-refractivity contribution in [2.45, 2.75) is 51.7 Å². The van der Waals surface area contributed by atoms with Gasteiger partial charge in [0.2, 0.25) is 11.6 Å². The molecule has 0 spiro atoms. The highest BCUT2D eigenvalue weighted by Gasteiger charge is 2.36. The number of rotatable bonds is 5. The minimum absolute atomic E-state index is 0.00921. The van der Waals surface area contributed by atoms with Crippen molar-refractivity contribution in [1.82, 2.24) is 34.8 Å². The predicted octanol–water partition coefficient (Wildman–Crippen LogP) is 3.12. The summed E-state index contributed by atoms with van der Waals surface area (Å²) >= 11 is 0. The lowest BCUT2D eigenvalue weighted by Crippen LogP contribution is -2.44. The van der Waals surface area contributed by atoms with Gasteiger partial charge in [-0.1, -0.05) is 31.2 Å². The standard InChI is InChI=1S/C20H22F3N7O/c1-3-10-29(15-9-8-13-6-4-5-7-14(13)11-15)17(31)16-24-12(2)30(28-16)19-25-18(26-27-19)20(21,22)23/h4-7,15H,3,8-11H2,1-2H3,(H,25,26,27). The number of halogens is 3. The van der Waals surface area contributed by atoms with E-state index in [0.717, 1.165) is 30.4 Å². The van der Waals surface area contributed by atoms with Crippen molar-refractivity contribution < 1.29 is 18.0 Å². The van der Waals surface area contributed by atoms with Crippen LogP contribution in [0.5, 0.6) is 0 Å². The molecule has 31 heavy (non-hydrogen) atoms. The van der Waals surface area contributed by atoms with E-state index >= 15 is 0 Å². The molecule has 1 unspecified atom stereocenters. The maximum atomic E-state index is 13.3. The van der Waals surface area contributed by atoms with E-state index in [1.807, 2.05) is 24.2 Å². The van der Waals surface area contributed by atoms with E-state index in [1.54, 1.807) is 4.90 Å². The lowest BCUT2D eigenvalue weighted by atomic mass is 9.87. The summed E-state index contributed by atoms with van der Waals surface area (Å²) in [5.74, 6) is -1.76. The molecule has 1 aliphatic carbocycles. The van der Waals surface area contributed by atoms with Crippen LogP contribution >= 0.6 is 0 Å². The molecule has 11 heteroatoms. The molecule has 8 nitrogen and oxygen atoms in total. The van der Waals surface area contributed by atoms with E-state index in [-0.39, 0.29) is 29.5 Å². The van der Waals surface area contributed by atoms with Crippen LogP contribution < -0.4 is 0 Å². The number of benzene rings is 1. The minimum Gasteiger partial charge on any atom is -0.333 e. The molecular formula is C20H22F3N7O. The number of hydrogen-bond donors (Lipinski definition) is 1. The number of hydrogen-bond acceptors (Lipinski definition) is 5. The summed E-state index contributed by atoms with van der Waals surface area (Å²) in [6.07, 6.45) is -1.44. The number of aryl methyl sites for hydroxylation is 2. The number of H-pyrrole nitrogens is 1. The SMILES string of the molecule is CCCN(C(=O)c1nc(C)n(-c2n[nH]c(C(F)(F)F)n2)n1)C1CCc2ccccc2C1. The Morgan fingerprint density at radius 2 is 2.00 bits per heavy atom. The van der Waals surface area contributed by atoms with Crippen molar-refractivity contribution in [1.29, 1.82) is 0 Å². The topological polar surface area (TPSA) is 92.6 Å². The van der Waals surface area contributed by atoms with Crippen molar-refractivity contribution in [3.05, 3.63) is 52.9 Å². The summed E-state index contributed by atoms with van der Waals surface area (Å²) in [6, 6.07) is 8.20. The number of nitrogens with zero attached hydrogens (tertiary/aromatic N) is 6. The van der Waals surface area contributed by atoms with Crippen LogP contribution in [-0.4, -0.2) is 53.3 Å². The van der Waals surface area contributed by atoms with Gasteiger partial charge >= 0.3 is 6.18 Å². The number of fused-ring (bicyclic) bond motifs is 1. The second kappa shape index (κ2) is 8.12. The first-order valence-corrected chi connectivity index (χ1v) is 10.1. The Balaban J connectivity index is 1.59. The fourth-order valence-electron chi connectivity index (χ4n) is 3.91. The van der Waals surface area contributed by atoms with Crippen LogP contribution in [0.4, 0.5) is 13.2 Å². The van der Waals surface area contributed by atoms with Gasteiger partial charge in [0.25, 0.3) is 11.9 Å². The van der Waals surface area contributed by atoms with E-state index in [2.05, 4.69) is 32.3 Å². The van der Waals surface area contributed by atoms with Gasteiger partial charge in [-0.05, 0) is 43.7 Å². The number of amides is 1. The summed E-state index contributed by atoms with van der Waals surface area (Å²) in [5, 5.41) is 9.53. The molecule has 1 amide bonds. The van der Waals surface area contributed by atoms with E-state index in [1.165, 1.54) is 18.1 Å². The molecule has 0 saturated carbocycles. The molecule has 1 aliphatic rings. The average Bonchev–Trinajstić information content (AvgIpc) is 3.38. The molecule has 1 aromatic carbocycles. The summed E-state index contributed by atoms with van der Waals surface area (Å²) in [5.41, 5.74) is 2.52. The van der Waals surface area contributed by atoms with Crippen molar-refractivity contribution in [3.63, 3.8) is 0 Å². The fourth-order valence-corrected chi connectivity index (χ4v) is 3.91. The molecule has 1 N–H and O–H groups in total. The van der Waals surface area contributed by atoms with E-state index in [9.17, 15) is 18.0 Å². The second-order valence-corrected chi connectivity index (χ2v) is 7.54. The quantitative estimate of drug-likeness (QED) is 0.668.